The Morgan fingerprint density at radius 1 is 1.60 bits per heavy atom. The lowest BCUT2D eigenvalue weighted by molar-refractivity contribution is 0.304. The van der Waals surface area contributed by atoms with Crippen LogP contribution in [0.1, 0.15) is 17.9 Å². The van der Waals surface area contributed by atoms with Gasteiger partial charge in [0.1, 0.15) is 5.75 Å². The fourth-order valence-corrected chi connectivity index (χ4v) is 2.09. The fraction of sp³-hybridized carbons (Fsp3) is 0.385. The maximum absolute atomic E-state index is 5.63. The fourth-order valence-electron chi connectivity index (χ4n) is 2.09. The Bertz CT molecular complexity index is 380. The summed E-state index contributed by atoms with van der Waals surface area (Å²) in [7, 11) is 1.95. The summed E-state index contributed by atoms with van der Waals surface area (Å²) in [4.78, 5) is 0. The molecule has 2 rings (SSSR count). The van der Waals surface area contributed by atoms with Gasteiger partial charge in [-0.2, -0.15) is 0 Å². The van der Waals surface area contributed by atoms with E-state index in [2.05, 4.69) is 17.3 Å². The number of para-hydroxylation sites is 1. The van der Waals surface area contributed by atoms with E-state index in [1.165, 1.54) is 5.56 Å². The molecule has 2 heteroatoms. The van der Waals surface area contributed by atoms with Crippen molar-refractivity contribution in [3.63, 3.8) is 0 Å². The molecule has 1 aliphatic heterocycles. The van der Waals surface area contributed by atoms with Gasteiger partial charge in [0.2, 0.25) is 0 Å². The molecule has 1 heterocycles. The molecule has 2 unspecified atom stereocenters. The maximum Gasteiger partial charge on any atom is 0.122 e. The summed E-state index contributed by atoms with van der Waals surface area (Å²) in [6.07, 6.45) is 6.10. The van der Waals surface area contributed by atoms with E-state index in [-0.39, 0.29) is 0 Å². The van der Waals surface area contributed by atoms with E-state index >= 15 is 0 Å². The topological polar surface area (TPSA) is 21.3 Å². The van der Waals surface area contributed by atoms with Crippen LogP contribution in [0.3, 0.4) is 0 Å². The lowest BCUT2D eigenvalue weighted by atomic mass is 9.91. The minimum absolute atomic E-state index is 0.304. The SMILES string of the molecule is C#CCC(NC)C1COc2ccccc21. The first-order valence-corrected chi connectivity index (χ1v) is 5.19. The summed E-state index contributed by atoms with van der Waals surface area (Å²) < 4.78 is 5.63. The number of terminal acetylenes is 1. The van der Waals surface area contributed by atoms with Crippen LogP contribution in [-0.4, -0.2) is 19.7 Å². The molecule has 0 spiro atoms. The third-order valence-electron chi connectivity index (χ3n) is 2.93. The van der Waals surface area contributed by atoms with E-state index in [0.717, 1.165) is 18.8 Å². The van der Waals surface area contributed by atoms with Crippen LogP contribution in [0.5, 0.6) is 5.75 Å². The standard InChI is InChI=1S/C13H15NO/c1-3-6-12(14-2)11-9-15-13-8-5-4-7-10(11)13/h1,4-5,7-8,11-12,14H,6,9H2,2H3. The number of rotatable bonds is 3. The first-order chi connectivity index (χ1) is 7.36. The third kappa shape index (κ3) is 1.84. The van der Waals surface area contributed by atoms with Crippen LogP contribution in [0.2, 0.25) is 0 Å². The van der Waals surface area contributed by atoms with E-state index in [1.807, 2.05) is 25.2 Å². The summed E-state index contributed by atoms with van der Waals surface area (Å²) in [5.41, 5.74) is 1.27. The Hall–Kier alpha value is -1.46. The third-order valence-corrected chi connectivity index (χ3v) is 2.93. The molecule has 1 aliphatic rings. The summed E-state index contributed by atoms with van der Waals surface area (Å²) in [5.74, 6) is 4.09. The summed E-state index contributed by atoms with van der Waals surface area (Å²) in [5, 5.41) is 3.26. The second-order valence-corrected chi connectivity index (χ2v) is 3.76. The van der Waals surface area contributed by atoms with Crippen LogP contribution in [0.25, 0.3) is 0 Å². The van der Waals surface area contributed by atoms with E-state index in [0.29, 0.717) is 12.0 Å². The Kier molecular flexibility index (Phi) is 2.94. The van der Waals surface area contributed by atoms with Crippen molar-refractivity contribution in [2.75, 3.05) is 13.7 Å². The molecule has 0 saturated heterocycles. The van der Waals surface area contributed by atoms with Gasteiger partial charge in [-0.15, -0.1) is 12.3 Å². The normalized spacial score (nSPS) is 20.1. The quantitative estimate of drug-likeness (QED) is 0.753. The first-order valence-electron chi connectivity index (χ1n) is 5.19. The molecule has 1 aromatic rings. The number of nitrogens with one attached hydrogen (secondary N) is 1. The molecule has 0 aromatic heterocycles. The van der Waals surface area contributed by atoms with Crippen molar-refractivity contribution in [3.8, 4) is 18.1 Å². The average Bonchev–Trinajstić information content (AvgIpc) is 2.70. The summed E-state index contributed by atoms with van der Waals surface area (Å²) >= 11 is 0. The highest BCUT2D eigenvalue weighted by Gasteiger charge is 2.29. The molecular formula is C13H15NO. The molecule has 0 radical (unpaired) electrons. The van der Waals surface area contributed by atoms with Crippen LogP contribution >= 0.6 is 0 Å². The predicted molar refractivity (Wildman–Crippen MR) is 61.0 cm³/mol. The number of likely N-dealkylation sites (N-methyl/N-ethyl adjacent to an activating group) is 1. The van der Waals surface area contributed by atoms with Crippen molar-refractivity contribution in [1.82, 2.24) is 5.32 Å². The Morgan fingerprint density at radius 3 is 3.13 bits per heavy atom. The molecule has 0 fully saturated rings. The van der Waals surface area contributed by atoms with Crippen molar-refractivity contribution in [2.45, 2.75) is 18.4 Å². The highest BCUT2D eigenvalue weighted by molar-refractivity contribution is 5.40. The zero-order chi connectivity index (χ0) is 10.7. The summed E-state index contributed by atoms with van der Waals surface area (Å²) in [6, 6.07) is 8.48. The number of hydrogen-bond donors (Lipinski definition) is 1. The van der Waals surface area contributed by atoms with Crippen LogP contribution in [0, 0.1) is 12.3 Å². The summed E-state index contributed by atoms with van der Waals surface area (Å²) in [6.45, 7) is 0.729. The van der Waals surface area contributed by atoms with Gasteiger partial charge in [-0.1, -0.05) is 18.2 Å². The van der Waals surface area contributed by atoms with Gasteiger partial charge in [0, 0.05) is 23.9 Å². The molecule has 0 amide bonds. The largest absolute Gasteiger partial charge is 0.493 e. The molecule has 2 atom stereocenters. The van der Waals surface area contributed by atoms with Gasteiger partial charge in [0.05, 0.1) is 6.61 Å². The number of fused-ring (bicyclic) bond motifs is 1. The highest BCUT2D eigenvalue weighted by Crippen LogP contribution is 2.36. The van der Waals surface area contributed by atoms with Crippen LogP contribution in [-0.2, 0) is 0 Å². The number of ether oxygens (including phenoxy) is 1. The smallest absolute Gasteiger partial charge is 0.122 e. The highest BCUT2D eigenvalue weighted by atomic mass is 16.5. The van der Waals surface area contributed by atoms with Gasteiger partial charge in [-0.05, 0) is 13.1 Å². The maximum atomic E-state index is 5.63. The lowest BCUT2D eigenvalue weighted by Crippen LogP contribution is -2.32. The van der Waals surface area contributed by atoms with Crippen molar-refractivity contribution in [2.24, 2.45) is 0 Å². The zero-order valence-corrected chi connectivity index (χ0v) is 8.86. The molecule has 2 nitrogen and oxygen atoms in total. The van der Waals surface area contributed by atoms with E-state index in [9.17, 15) is 0 Å². The number of hydrogen-bond acceptors (Lipinski definition) is 2. The lowest BCUT2D eigenvalue weighted by Gasteiger charge is -2.19. The molecule has 0 saturated carbocycles. The zero-order valence-electron chi connectivity index (χ0n) is 8.86. The van der Waals surface area contributed by atoms with Crippen LogP contribution < -0.4 is 10.1 Å². The number of benzene rings is 1. The van der Waals surface area contributed by atoms with Gasteiger partial charge in [-0.25, -0.2) is 0 Å². The van der Waals surface area contributed by atoms with Crippen molar-refractivity contribution < 1.29 is 4.74 Å². The van der Waals surface area contributed by atoms with Crippen LogP contribution in [0.4, 0.5) is 0 Å². The Balaban J connectivity index is 2.23. The molecule has 0 bridgehead atoms. The van der Waals surface area contributed by atoms with E-state index in [1.54, 1.807) is 0 Å². The van der Waals surface area contributed by atoms with E-state index < -0.39 is 0 Å². The van der Waals surface area contributed by atoms with Crippen molar-refractivity contribution >= 4 is 0 Å². The van der Waals surface area contributed by atoms with Gasteiger partial charge in [0.15, 0.2) is 0 Å². The van der Waals surface area contributed by atoms with Crippen molar-refractivity contribution in [3.05, 3.63) is 29.8 Å². The van der Waals surface area contributed by atoms with Gasteiger partial charge in [0.25, 0.3) is 0 Å². The molecular weight excluding hydrogens is 186 g/mol. The molecule has 1 N–H and O–H groups in total. The minimum atomic E-state index is 0.304. The van der Waals surface area contributed by atoms with Gasteiger partial charge in [-0.3, -0.25) is 0 Å². The first kappa shape index (κ1) is 10.1. The monoisotopic (exact) mass is 201 g/mol. The van der Waals surface area contributed by atoms with Gasteiger partial charge < -0.3 is 10.1 Å². The van der Waals surface area contributed by atoms with Crippen molar-refractivity contribution in [1.29, 1.82) is 0 Å². The molecule has 78 valence electrons. The predicted octanol–water partition coefficient (Wildman–Crippen LogP) is 1.77. The van der Waals surface area contributed by atoms with Crippen LogP contribution in [0.15, 0.2) is 24.3 Å². The molecule has 15 heavy (non-hydrogen) atoms. The van der Waals surface area contributed by atoms with E-state index in [4.69, 9.17) is 11.2 Å². The second kappa shape index (κ2) is 4.37. The Morgan fingerprint density at radius 2 is 2.40 bits per heavy atom. The minimum Gasteiger partial charge on any atom is -0.493 e. The molecule has 1 aromatic carbocycles. The Labute approximate surface area is 90.6 Å². The molecule has 0 aliphatic carbocycles. The average molecular weight is 201 g/mol. The second-order valence-electron chi connectivity index (χ2n) is 3.76. The van der Waals surface area contributed by atoms with Gasteiger partial charge >= 0.3 is 0 Å².